The molecule has 0 atom stereocenters. The Morgan fingerprint density at radius 2 is 0.761 bits per heavy atom. The SMILES string of the molecule is C.C.C.C.CC(C)c1ccncc1-c1ncc2c(n1)n(Cc1ccc(-n3cccn3)cc1)c(=O)n2C.CCOc1ncccc1-c1ncc2c(n1)N(Cc1ccc(-n3cccn3)cc1)C(=O)C2.COCCOc1ncccc1-c1ncc2c(n1)N(Cc1ccc(-n3cccn3)cc1)C(=O)C2.O=C1Cc2cnc(-c3cccnc3OCC(F)(F)F)nc2N1Cc1ccc(-n2cccn2)cc1. The third-order valence-corrected chi connectivity index (χ3v) is 21.2. The highest BCUT2D eigenvalue weighted by Gasteiger charge is 2.35. The number of aryl methyl sites for hydroxylation is 1. The van der Waals surface area contributed by atoms with Crippen LogP contribution in [0.25, 0.3) is 79.5 Å². The first kappa shape index (κ1) is 95.1. The van der Waals surface area contributed by atoms with Crippen LogP contribution in [0.2, 0.25) is 0 Å². The quantitative estimate of drug-likeness (QED) is 0.0480. The van der Waals surface area contributed by atoms with Gasteiger partial charge in [0.05, 0.1) is 104 Å². The van der Waals surface area contributed by atoms with E-state index in [-0.39, 0.29) is 89.8 Å². The zero-order valence-electron chi connectivity index (χ0n) is 70.8. The van der Waals surface area contributed by atoms with Crippen LogP contribution in [0, 0.1) is 0 Å². The highest BCUT2D eigenvalue weighted by atomic mass is 19.4. The normalized spacial score (nSPS) is 12.2. The smallest absolute Gasteiger partial charge is 0.422 e. The fourth-order valence-corrected chi connectivity index (χ4v) is 14.8. The number of imidazole rings is 1. The maximum absolute atomic E-state index is 13.0. The molecule has 0 fully saturated rings. The average molecular weight is 1810 g/mol. The van der Waals surface area contributed by atoms with Gasteiger partial charge in [-0.25, -0.2) is 78.3 Å². The van der Waals surface area contributed by atoms with Gasteiger partial charge in [-0.3, -0.25) is 43.2 Å². The number of anilines is 3. The van der Waals surface area contributed by atoms with E-state index in [0.717, 1.165) is 67.3 Å². The first-order valence-electron chi connectivity index (χ1n) is 41.4. The third kappa shape index (κ3) is 21.5. The largest absolute Gasteiger partial charge is 0.477 e. The van der Waals surface area contributed by atoms with Crippen LogP contribution in [0.1, 0.15) is 101 Å². The van der Waals surface area contributed by atoms with Crippen LogP contribution in [-0.4, -0.2) is 165 Å². The molecule has 0 radical (unpaired) electrons. The van der Waals surface area contributed by atoms with Gasteiger partial charge >= 0.3 is 11.9 Å². The molecule has 16 heterocycles. The maximum Gasteiger partial charge on any atom is 0.422 e. The summed E-state index contributed by atoms with van der Waals surface area (Å²) in [5.41, 5.74) is 14.7. The van der Waals surface area contributed by atoms with Gasteiger partial charge in [-0.05, 0) is 156 Å². The second-order valence-corrected chi connectivity index (χ2v) is 30.3. The summed E-state index contributed by atoms with van der Waals surface area (Å²) in [6, 6.07) is 51.4. The third-order valence-electron chi connectivity index (χ3n) is 21.2. The van der Waals surface area contributed by atoms with Crippen molar-refractivity contribution in [1.82, 2.24) is 108 Å². The number of nitrogens with zero attached hydrogens (tertiary/aromatic N) is 25. The minimum atomic E-state index is -4.51. The molecule has 0 saturated heterocycles. The number of amides is 3. The Balaban J connectivity index is 0.000000150. The Hall–Kier alpha value is -16.5. The Kier molecular flexibility index (Phi) is 30.4. The Morgan fingerprint density at radius 3 is 1.12 bits per heavy atom. The summed E-state index contributed by atoms with van der Waals surface area (Å²) >= 11 is 0. The summed E-state index contributed by atoms with van der Waals surface area (Å²) in [6.07, 6.45) is 25.5. The van der Waals surface area contributed by atoms with Gasteiger partial charge in [0, 0.05) is 136 Å². The molecule has 0 aliphatic carbocycles. The van der Waals surface area contributed by atoms with E-state index in [1.807, 2.05) is 177 Å². The molecule has 3 aliphatic heterocycles. The Labute approximate surface area is 770 Å². The summed E-state index contributed by atoms with van der Waals surface area (Å²) in [7, 11) is 3.36. The number of pyridine rings is 4. The second kappa shape index (κ2) is 42.8. The Morgan fingerprint density at radius 1 is 0.396 bits per heavy atom. The predicted octanol–water partition coefficient (Wildman–Crippen LogP) is 15.9. The first-order chi connectivity index (χ1) is 63.3. The van der Waals surface area contributed by atoms with E-state index in [9.17, 15) is 32.3 Å². The molecule has 36 heteroatoms. The minimum absolute atomic E-state index is 0. The van der Waals surface area contributed by atoms with Gasteiger partial charge in [-0.15, -0.1) is 0 Å². The van der Waals surface area contributed by atoms with Crippen LogP contribution >= 0.6 is 0 Å². The standard InChI is InChI=1S/C24H23N7O.C24H22N6O3.C23H17F3N6O2.C23H20N6O2.4CH4/c1-16(2)19-9-11-25-13-20(19)22-26-14-21-23(28-22)30(24(32)29(21)3)15-17-5-7-18(8-6-17)31-12-4-10-27-31;1-32-12-13-33-24-20(4-2-9-25-24)22-26-15-18-14-21(31)29(23(18)28-22)16-17-5-7-19(8-6-17)30-11-3-10-27-30;24-23(25,26)14-34-22-18(3-1-8-27-22)20-28-12-16-11-19(33)31(21(16)30-20)13-15-4-6-17(7-5-15)32-10-2-9-29-32;1-2-31-23-19(5-3-10-24-23)21-25-14-17-13-20(30)28(22(17)27-21)15-16-6-8-18(9-7-16)29-12-4-11-26-29;;;;/h4-14,16H,15H2,1-3H3;2-11,15H,12-14,16H2,1H3;1-10,12H,11,13-14H2;3-12,14H,2,13,15H2,1H3;4*1H4. The highest BCUT2D eigenvalue weighted by molar-refractivity contribution is 6.02. The number of ether oxygens (including phenoxy) is 4. The molecule has 3 amide bonds. The number of hydrogen-bond donors (Lipinski definition) is 0. The number of benzene rings is 4. The molecular weight excluding hydrogens is 1710 g/mol. The fraction of sp³-hybridized carbons (Fsp3) is 0.224. The van der Waals surface area contributed by atoms with E-state index < -0.39 is 12.8 Å². The number of aromatic nitrogens is 22. The van der Waals surface area contributed by atoms with Crippen LogP contribution in [0.15, 0.2) is 274 Å². The van der Waals surface area contributed by atoms with E-state index in [1.54, 1.807) is 132 Å². The molecule has 134 heavy (non-hydrogen) atoms. The van der Waals surface area contributed by atoms with E-state index in [1.165, 1.54) is 23.4 Å². The van der Waals surface area contributed by atoms with E-state index in [0.29, 0.717) is 126 Å². The van der Waals surface area contributed by atoms with Crippen LogP contribution in [0.5, 0.6) is 17.6 Å². The molecule has 0 unspecified atom stereocenters. The number of carbonyl (C=O) groups is 3. The van der Waals surface area contributed by atoms with Gasteiger partial charge < -0.3 is 18.9 Å². The average Bonchev–Trinajstić information content (AvgIpc) is 1.62. The summed E-state index contributed by atoms with van der Waals surface area (Å²) < 4.78 is 69.5. The topological polar surface area (TPSA) is 351 Å². The lowest BCUT2D eigenvalue weighted by Gasteiger charge is -2.17. The summed E-state index contributed by atoms with van der Waals surface area (Å²) in [5, 5.41) is 16.9. The van der Waals surface area contributed by atoms with Crippen molar-refractivity contribution >= 4 is 46.3 Å². The van der Waals surface area contributed by atoms with Gasteiger partial charge in [-0.2, -0.15) is 33.6 Å². The lowest BCUT2D eigenvalue weighted by Crippen LogP contribution is -2.26. The van der Waals surface area contributed by atoms with Gasteiger partial charge in [0.2, 0.25) is 35.4 Å². The van der Waals surface area contributed by atoms with Gasteiger partial charge in [0.25, 0.3) is 0 Å². The summed E-state index contributed by atoms with van der Waals surface area (Å²) in [5.74, 6) is 4.16. The number of alkyl halides is 3. The van der Waals surface area contributed by atoms with Crippen molar-refractivity contribution in [3.05, 3.63) is 324 Å². The van der Waals surface area contributed by atoms with E-state index in [4.69, 9.17) is 33.9 Å². The van der Waals surface area contributed by atoms with Gasteiger partial charge in [0.15, 0.2) is 35.6 Å². The number of halogens is 3. The van der Waals surface area contributed by atoms with Crippen LogP contribution < -0.4 is 34.6 Å². The van der Waals surface area contributed by atoms with Gasteiger partial charge in [0.1, 0.15) is 29.6 Å². The van der Waals surface area contributed by atoms with Crippen molar-refractivity contribution in [2.24, 2.45) is 7.05 Å². The number of carbonyl (C=O) groups excluding carboxylic acids is 3. The summed E-state index contributed by atoms with van der Waals surface area (Å²) in [4.78, 5) is 109. The van der Waals surface area contributed by atoms with Crippen molar-refractivity contribution in [3.63, 3.8) is 0 Å². The number of methoxy groups -OCH3 is 1. The Bertz CT molecular complexity index is 6900. The predicted molar refractivity (Wildman–Crippen MR) is 501 cm³/mol. The van der Waals surface area contributed by atoms with Crippen molar-refractivity contribution in [2.45, 2.75) is 108 Å². The van der Waals surface area contributed by atoms with Crippen LogP contribution in [-0.2, 0) is 71.6 Å². The molecular formula is C98H98F3N25O8. The lowest BCUT2D eigenvalue weighted by molar-refractivity contribution is -0.154. The molecule has 4 aromatic carbocycles. The van der Waals surface area contributed by atoms with Crippen LogP contribution in [0.4, 0.5) is 30.6 Å². The lowest BCUT2D eigenvalue weighted by atomic mass is 9.99. The molecule has 33 nitrogen and oxygen atoms in total. The maximum atomic E-state index is 13.0. The van der Waals surface area contributed by atoms with Crippen molar-refractivity contribution < 1.29 is 46.5 Å². The molecule has 13 aromatic heterocycles. The fourth-order valence-electron chi connectivity index (χ4n) is 14.8. The van der Waals surface area contributed by atoms with E-state index >= 15 is 0 Å². The monoisotopic (exact) mass is 1810 g/mol. The highest BCUT2D eigenvalue weighted by Crippen LogP contribution is 2.38. The second-order valence-electron chi connectivity index (χ2n) is 30.3. The first-order valence-corrected chi connectivity index (χ1v) is 41.4. The molecule has 17 aromatic rings. The van der Waals surface area contributed by atoms with Crippen LogP contribution in [0.3, 0.4) is 0 Å². The molecule has 0 saturated carbocycles. The number of hydrogen-bond acceptors (Lipinski definition) is 24. The zero-order chi connectivity index (χ0) is 89.8. The molecule has 0 spiro atoms. The zero-order valence-corrected chi connectivity index (χ0v) is 70.8. The summed E-state index contributed by atoms with van der Waals surface area (Å²) in [6.45, 7) is 7.54. The van der Waals surface area contributed by atoms with Crippen molar-refractivity contribution in [2.75, 3.05) is 48.2 Å². The van der Waals surface area contributed by atoms with Gasteiger partial charge in [-0.1, -0.05) is 92.1 Å². The molecule has 20 rings (SSSR count). The van der Waals surface area contributed by atoms with Crippen molar-refractivity contribution in [3.8, 4) is 85.9 Å². The number of fused-ring (bicyclic) bond motifs is 4. The van der Waals surface area contributed by atoms with E-state index in [2.05, 4.69) is 79.1 Å². The minimum Gasteiger partial charge on any atom is -0.477 e. The molecule has 0 bridgehead atoms. The molecule has 684 valence electrons. The molecule has 3 aliphatic rings. The van der Waals surface area contributed by atoms with Crippen molar-refractivity contribution in [1.29, 1.82) is 0 Å². The molecule has 0 N–H and O–H groups in total. The number of rotatable bonds is 25.